The maximum atomic E-state index is 13.0. The molecule has 0 aliphatic rings. The fraction of sp³-hybridized carbons (Fsp3) is 0.148. The highest BCUT2D eigenvalue weighted by Gasteiger charge is 2.25. The van der Waals surface area contributed by atoms with E-state index in [9.17, 15) is 14.4 Å². The number of aromatic nitrogens is 1. The second-order valence-corrected chi connectivity index (χ2v) is 8.91. The van der Waals surface area contributed by atoms with Crippen molar-refractivity contribution in [3.63, 3.8) is 0 Å². The van der Waals surface area contributed by atoms with Crippen LogP contribution in [0.4, 0.5) is 0 Å². The van der Waals surface area contributed by atoms with Gasteiger partial charge in [-0.05, 0) is 42.8 Å². The van der Waals surface area contributed by atoms with E-state index in [1.54, 1.807) is 36.4 Å². The lowest BCUT2D eigenvalue weighted by Crippen LogP contribution is -2.43. The van der Waals surface area contributed by atoms with Crippen LogP contribution in [0.3, 0.4) is 0 Å². The minimum atomic E-state index is -0.971. The zero-order chi connectivity index (χ0) is 24.1. The topological polar surface area (TPSA) is 88.3 Å². The van der Waals surface area contributed by atoms with E-state index in [2.05, 4.69) is 26.2 Å². The van der Waals surface area contributed by atoms with Gasteiger partial charge in [0.05, 0.1) is 0 Å². The molecule has 0 fully saturated rings. The van der Waals surface area contributed by atoms with Crippen LogP contribution in [0, 0.1) is 6.92 Å². The zero-order valence-electron chi connectivity index (χ0n) is 18.5. The number of Topliss-reactive ketones (excluding diaryl/α,β-unsaturated/α-hetero) is 1. The summed E-state index contributed by atoms with van der Waals surface area (Å²) < 4.78 is 6.19. The van der Waals surface area contributed by atoms with Crippen LogP contribution in [0.15, 0.2) is 83.5 Å². The summed E-state index contributed by atoms with van der Waals surface area (Å²) in [7, 11) is 0. The molecule has 7 heteroatoms. The summed E-state index contributed by atoms with van der Waals surface area (Å²) in [6.07, 6.45) is 2.03. The third kappa shape index (κ3) is 5.61. The van der Waals surface area contributed by atoms with Crippen molar-refractivity contribution in [1.29, 1.82) is 0 Å². The summed E-state index contributed by atoms with van der Waals surface area (Å²) in [6.45, 7) is 1.53. The van der Waals surface area contributed by atoms with Gasteiger partial charge in [0.2, 0.25) is 0 Å². The minimum absolute atomic E-state index is 0.212. The highest BCUT2D eigenvalue weighted by molar-refractivity contribution is 9.10. The second kappa shape index (κ2) is 10.5. The highest BCUT2D eigenvalue weighted by atomic mass is 79.9. The van der Waals surface area contributed by atoms with Crippen LogP contribution in [-0.2, 0) is 16.0 Å². The van der Waals surface area contributed by atoms with Gasteiger partial charge in [-0.3, -0.25) is 9.59 Å². The van der Waals surface area contributed by atoms with Crippen LogP contribution < -0.4 is 5.32 Å². The lowest BCUT2D eigenvalue weighted by molar-refractivity contribution is -0.144. The van der Waals surface area contributed by atoms with Crippen molar-refractivity contribution in [2.45, 2.75) is 19.4 Å². The Hall–Kier alpha value is -3.71. The molecule has 3 aromatic carbocycles. The fourth-order valence-electron chi connectivity index (χ4n) is 3.62. The van der Waals surface area contributed by atoms with Crippen LogP contribution >= 0.6 is 15.9 Å². The quantitative estimate of drug-likeness (QED) is 0.253. The maximum Gasteiger partial charge on any atom is 0.329 e. The van der Waals surface area contributed by atoms with E-state index in [-0.39, 0.29) is 12.2 Å². The highest BCUT2D eigenvalue weighted by Crippen LogP contribution is 2.20. The number of amides is 1. The normalized spacial score (nSPS) is 11.7. The summed E-state index contributed by atoms with van der Waals surface area (Å²) in [4.78, 5) is 41.5. The summed E-state index contributed by atoms with van der Waals surface area (Å²) in [5.41, 5.74) is 3.70. The average Bonchev–Trinajstić information content (AvgIpc) is 3.25. The van der Waals surface area contributed by atoms with Crippen LogP contribution in [-0.4, -0.2) is 35.3 Å². The molecule has 1 heterocycles. The van der Waals surface area contributed by atoms with Gasteiger partial charge >= 0.3 is 5.97 Å². The molecule has 34 heavy (non-hydrogen) atoms. The fourth-order valence-corrected chi connectivity index (χ4v) is 3.88. The molecule has 0 aliphatic heterocycles. The number of esters is 1. The number of carbonyl (C=O) groups excluding carboxylic acids is 3. The largest absolute Gasteiger partial charge is 0.456 e. The van der Waals surface area contributed by atoms with Crippen molar-refractivity contribution >= 4 is 44.5 Å². The summed E-state index contributed by atoms with van der Waals surface area (Å²) in [5.74, 6) is -1.38. The Morgan fingerprint density at radius 2 is 1.62 bits per heavy atom. The van der Waals surface area contributed by atoms with Crippen molar-refractivity contribution in [3.8, 4) is 0 Å². The maximum absolute atomic E-state index is 13.0. The van der Waals surface area contributed by atoms with E-state index in [1.165, 1.54) is 0 Å². The monoisotopic (exact) mass is 518 g/mol. The number of H-pyrrole nitrogens is 1. The van der Waals surface area contributed by atoms with E-state index < -0.39 is 24.5 Å². The Balaban J connectivity index is 1.51. The van der Waals surface area contributed by atoms with Gasteiger partial charge in [-0.15, -0.1) is 0 Å². The third-order valence-electron chi connectivity index (χ3n) is 5.51. The molecular formula is C27H23BrN2O4. The number of aromatic amines is 1. The average molecular weight is 519 g/mol. The minimum Gasteiger partial charge on any atom is -0.456 e. The first kappa shape index (κ1) is 23.4. The van der Waals surface area contributed by atoms with Crippen molar-refractivity contribution < 1.29 is 19.1 Å². The SMILES string of the molecule is Cc1ccc(C(=O)COC(=O)[C@@H](Cc2c[nH]c3ccccc23)NC(=O)c2ccc(Br)cc2)cc1. The predicted molar refractivity (Wildman–Crippen MR) is 134 cm³/mol. The number of hydrogen-bond acceptors (Lipinski definition) is 4. The van der Waals surface area contributed by atoms with E-state index in [1.807, 2.05) is 49.5 Å². The van der Waals surface area contributed by atoms with Crippen LogP contribution in [0.25, 0.3) is 10.9 Å². The van der Waals surface area contributed by atoms with Crippen molar-refractivity contribution in [2.24, 2.45) is 0 Å². The van der Waals surface area contributed by atoms with Gasteiger partial charge < -0.3 is 15.0 Å². The molecule has 0 saturated carbocycles. The Morgan fingerprint density at radius 3 is 2.35 bits per heavy atom. The van der Waals surface area contributed by atoms with Gasteiger partial charge in [0.15, 0.2) is 12.4 Å². The van der Waals surface area contributed by atoms with Gasteiger partial charge in [0, 0.05) is 39.1 Å². The first-order valence-corrected chi connectivity index (χ1v) is 11.6. The Kier molecular flexibility index (Phi) is 7.23. The Morgan fingerprint density at radius 1 is 0.941 bits per heavy atom. The van der Waals surface area contributed by atoms with Gasteiger partial charge in [0.25, 0.3) is 5.91 Å². The number of benzene rings is 3. The molecule has 0 unspecified atom stereocenters. The van der Waals surface area contributed by atoms with Crippen molar-refractivity contribution in [1.82, 2.24) is 10.3 Å². The number of rotatable bonds is 8. The van der Waals surface area contributed by atoms with Gasteiger partial charge in [-0.2, -0.15) is 0 Å². The van der Waals surface area contributed by atoms with E-state index >= 15 is 0 Å². The molecule has 4 aromatic rings. The smallest absolute Gasteiger partial charge is 0.329 e. The molecular weight excluding hydrogens is 496 g/mol. The molecule has 0 spiro atoms. The van der Waals surface area contributed by atoms with E-state index in [0.717, 1.165) is 26.5 Å². The molecule has 1 amide bonds. The zero-order valence-corrected chi connectivity index (χ0v) is 20.1. The number of halogens is 1. The number of nitrogens with one attached hydrogen (secondary N) is 2. The number of aryl methyl sites for hydroxylation is 1. The number of fused-ring (bicyclic) bond motifs is 1. The van der Waals surface area contributed by atoms with Crippen LogP contribution in [0.5, 0.6) is 0 Å². The van der Waals surface area contributed by atoms with Gasteiger partial charge in [0.1, 0.15) is 6.04 Å². The molecule has 172 valence electrons. The number of ketones is 1. The molecule has 4 rings (SSSR count). The molecule has 2 N–H and O–H groups in total. The van der Waals surface area contributed by atoms with Crippen molar-refractivity contribution in [2.75, 3.05) is 6.61 Å². The number of hydrogen-bond donors (Lipinski definition) is 2. The van der Waals surface area contributed by atoms with Gasteiger partial charge in [-0.25, -0.2) is 4.79 Å². The van der Waals surface area contributed by atoms with Gasteiger partial charge in [-0.1, -0.05) is 64.0 Å². The summed E-state index contributed by atoms with van der Waals surface area (Å²) >= 11 is 3.35. The molecule has 0 bridgehead atoms. The summed E-state index contributed by atoms with van der Waals surface area (Å²) in [6, 6.07) is 20.6. The molecule has 1 atom stereocenters. The number of carbonyl (C=O) groups is 3. The standard InChI is InChI=1S/C27H23BrN2O4/c1-17-6-8-18(9-7-17)25(31)16-34-27(33)24(30-26(32)19-10-12-21(28)13-11-19)14-20-15-29-23-5-3-2-4-22(20)23/h2-13,15,24,29H,14,16H2,1H3,(H,30,32)/t24-/m1/s1. The Labute approximate surface area is 205 Å². The third-order valence-corrected chi connectivity index (χ3v) is 6.04. The lowest BCUT2D eigenvalue weighted by Gasteiger charge is -2.18. The first-order chi connectivity index (χ1) is 16.4. The van der Waals surface area contributed by atoms with E-state index in [4.69, 9.17) is 4.74 Å². The second-order valence-electron chi connectivity index (χ2n) is 7.99. The van der Waals surface area contributed by atoms with Crippen LogP contribution in [0.1, 0.15) is 31.8 Å². The number of para-hydroxylation sites is 1. The lowest BCUT2D eigenvalue weighted by atomic mass is 10.0. The Bertz CT molecular complexity index is 1330. The summed E-state index contributed by atoms with van der Waals surface area (Å²) in [5, 5.41) is 3.73. The molecule has 1 aromatic heterocycles. The molecule has 0 radical (unpaired) electrons. The molecule has 0 aliphatic carbocycles. The molecule has 6 nitrogen and oxygen atoms in total. The van der Waals surface area contributed by atoms with Crippen LogP contribution in [0.2, 0.25) is 0 Å². The number of ether oxygens (including phenoxy) is 1. The molecule has 0 saturated heterocycles. The van der Waals surface area contributed by atoms with Crippen molar-refractivity contribution in [3.05, 3.63) is 106 Å². The first-order valence-electron chi connectivity index (χ1n) is 10.8. The predicted octanol–water partition coefficient (Wildman–Crippen LogP) is 5.01. The van der Waals surface area contributed by atoms with E-state index in [0.29, 0.717) is 11.1 Å².